The lowest BCUT2D eigenvalue weighted by atomic mass is 10.1. The predicted octanol–water partition coefficient (Wildman–Crippen LogP) is 4.03. The number of hydrogen-bond acceptors (Lipinski definition) is 4. The number of rotatable bonds is 6. The molecule has 0 radical (unpaired) electrons. The van der Waals surface area contributed by atoms with Crippen molar-refractivity contribution in [3.8, 4) is 5.75 Å². The van der Waals surface area contributed by atoms with E-state index in [1.807, 2.05) is 24.3 Å². The minimum absolute atomic E-state index is 0.303. The van der Waals surface area contributed by atoms with Gasteiger partial charge in [-0.25, -0.2) is 9.97 Å². The number of aromatic nitrogens is 2. The molecule has 0 saturated carbocycles. The summed E-state index contributed by atoms with van der Waals surface area (Å²) in [5, 5.41) is 3.34. The van der Waals surface area contributed by atoms with Crippen molar-refractivity contribution in [3.05, 3.63) is 46.3 Å². The highest BCUT2D eigenvalue weighted by atomic mass is 79.9. The van der Waals surface area contributed by atoms with Crippen LogP contribution in [0.15, 0.2) is 34.9 Å². The summed E-state index contributed by atoms with van der Waals surface area (Å²) >= 11 is 3.43. The summed E-state index contributed by atoms with van der Waals surface area (Å²) in [5.74, 6) is 2.91. The van der Waals surface area contributed by atoms with Gasteiger partial charge in [-0.15, -0.1) is 0 Å². The lowest BCUT2D eigenvalue weighted by Crippen LogP contribution is -2.09. The van der Waals surface area contributed by atoms with E-state index in [1.54, 1.807) is 7.11 Å². The Kier molecular flexibility index (Phi) is 5.56. The van der Waals surface area contributed by atoms with Gasteiger partial charge >= 0.3 is 0 Å². The van der Waals surface area contributed by atoms with Gasteiger partial charge in [-0.2, -0.15) is 0 Å². The van der Waals surface area contributed by atoms with Crippen molar-refractivity contribution in [2.75, 3.05) is 19.0 Å². The summed E-state index contributed by atoms with van der Waals surface area (Å²) < 4.78 is 6.16. The first-order valence-electron chi connectivity index (χ1n) is 7.00. The normalized spacial score (nSPS) is 10.7. The zero-order chi connectivity index (χ0) is 15.2. The molecule has 1 aromatic carbocycles. The number of nitrogens with zero attached hydrogens (tertiary/aromatic N) is 2. The molecule has 2 aromatic rings. The Morgan fingerprint density at radius 3 is 2.71 bits per heavy atom. The number of anilines is 1. The van der Waals surface area contributed by atoms with Crippen LogP contribution in [0, 0.1) is 0 Å². The monoisotopic (exact) mass is 349 g/mol. The molecule has 21 heavy (non-hydrogen) atoms. The van der Waals surface area contributed by atoms with Gasteiger partial charge in [-0.1, -0.05) is 32.0 Å². The smallest absolute Gasteiger partial charge is 0.134 e. The molecule has 0 amide bonds. The van der Waals surface area contributed by atoms with Crippen LogP contribution in [0.4, 0.5) is 5.82 Å². The van der Waals surface area contributed by atoms with E-state index in [9.17, 15) is 0 Å². The van der Waals surface area contributed by atoms with Gasteiger partial charge in [-0.05, 0) is 34.0 Å². The second kappa shape index (κ2) is 7.41. The van der Waals surface area contributed by atoms with Crippen molar-refractivity contribution < 1.29 is 4.74 Å². The molecule has 1 heterocycles. The summed E-state index contributed by atoms with van der Waals surface area (Å²) in [6.07, 6.45) is 0.878. The Morgan fingerprint density at radius 1 is 1.24 bits per heavy atom. The second-order valence-electron chi connectivity index (χ2n) is 5.08. The molecule has 0 spiro atoms. The van der Waals surface area contributed by atoms with Gasteiger partial charge in [0.05, 0.1) is 7.11 Å². The summed E-state index contributed by atoms with van der Waals surface area (Å²) in [4.78, 5) is 8.90. The Morgan fingerprint density at radius 2 is 2.00 bits per heavy atom. The standard InChI is InChI=1S/C16H20BrN3O/c1-11(2)16-19-14(17)10-15(20-16)18-9-8-12-6-4-5-7-13(12)21-3/h4-7,10-11H,8-9H2,1-3H3,(H,18,19,20). The lowest BCUT2D eigenvalue weighted by Gasteiger charge is -2.11. The van der Waals surface area contributed by atoms with Gasteiger partial charge in [0.25, 0.3) is 0 Å². The third-order valence-electron chi connectivity index (χ3n) is 3.12. The van der Waals surface area contributed by atoms with Crippen LogP contribution in [0.2, 0.25) is 0 Å². The average molecular weight is 350 g/mol. The van der Waals surface area contributed by atoms with Crippen LogP contribution in [0.1, 0.15) is 31.2 Å². The SMILES string of the molecule is COc1ccccc1CCNc1cc(Br)nc(C(C)C)n1. The number of para-hydroxylation sites is 1. The van der Waals surface area contributed by atoms with Crippen molar-refractivity contribution in [1.29, 1.82) is 0 Å². The Bertz CT molecular complexity index is 602. The minimum atomic E-state index is 0.303. The number of nitrogens with one attached hydrogen (secondary N) is 1. The number of benzene rings is 1. The quantitative estimate of drug-likeness (QED) is 0.800. The molecule has 0 aliphatic rings. The van der Waals surface area contributed by atoms with Crippen LogP contribution in [0.3, 0.4) is 0 Å². The van der Waals surface area contributed by atoms with Gasteiger partial charge in [0.1, 0.15) is 22.0 Å². The van der Waals surface area contributed by atoms with Gasteiger partial charge in [-0.3, -0.25) is 0 Å². The molecule has 1 N–H and O–H groups in total. The van der Waals surface area contributed by atoms with Gasteiger partial charge in [0, 0.05) is 18.5 Å². The van der Waals surface area contributed by atoms with Crippen molar-refractivity contribution in [3.63, 3.8) is 0 Å². The first kappa shape index (κ1) is 15.8. The molecule has 2 rings (SSSR count). The first-order chi connectivity index (χ1) is 10.1. The molecule has 0 fully saturated rings. The van der Waals surface area contributed by atoms with Gasteiger partial charge in [0.2, 0.25) is 0 Å². The molecule has 5 heteroatoms. The highest BCUT2D eigenvalue weighted by Gasteiger charge is 2.07. The molecule has 0 aliphatic heterocycles. The molecule has 0 atom stereocenters. The highest BCUT2D eigenvalue weighted by Crippen LogP contribution is 2.19. The third-order valence-corrected chi connectivity index (χ3v) is 3.53. The maximum Gasteiger partial charge on any atom is 0.134 e. The molecule has 0 bridgehead atoms. The van der Waals surface area contributed by atoms with Gasteiger partial charge in [0.15, 0.2) is 0 Å². The van der Waals surface area contributed by atoms with Crippen LogP contribution in [-0.4, -0.2) is 23.6 Å². The van der Waals surface area contributed by atoms with Crippen molar-refractivity contribution in [1.82, 2.24) is 9.97 Å². The molecular formula is C16H20BrN3O. The molecule has 4 nitrogen and oxygen atoms in total. The van der Waals surface area contributed by atoms with E-state index < -0.39 is 0 Å². The fourth-order valence-corrected chi connectivity index (χ4v) is 2.42. The number of ether oxygens (including phenoxy) is 1. The Hall–Kier alpha value is -1.62. The largest absolute Gasteiger partial charge is 0.496 e. The average Bonchev–Trinajstić information content (AvgIpc) is 2.47. The minimum Gasteiger partial charge on any atom is -0.496 e. The van der Waals surface area contributed by atoms with Crippen molar-refractivity contribution >= 4 is 21.7 Å². The van der Waals surface area contributed by atoms with Crippen molar-refractivity contribution in [2.45, 2.75) is 26.2 Å². The van der Waals surface area contributed by atoms with E-state index in [0.29, 0.717) is 5.92 Å². The zero-order valence-corrected chi connectivity index (χ0v) is 14.1. The summed E-state index contributed by atoms with van der Waals surface area (Å²) in [6.45, 7) is 4.96. The second-order valence-corrected chi connectivity index (χ2v) is 5.89. The van der Waals surface area contributed by atoms with Crippen LogP contribution < -0.4 is 10.1 Å². The first-order valence-corrected chi connectivity index (χ1v) is 7.79. The molecular weight excluding hydrogens is 330 g/mol. The van der Waals surface area contributed by atoms with E-state index in [4.69, 9.17) is 4.74 Å². The lowest BCUT2D eigenvalue weighted by molar-refractivity contribution is 0.410. The number of hydrogen-bond donors (Lipinski definition) is 1. The van der Waals surface area contributed by atoms with E-state index in [-0.39, 0.29) is 0 Å². The summed E-state index contributed by atoms with van der Waals surface area (Å²) in [6, 6.07) is 9.96. The Labute approximate surface area is 134 Å². The van der Waals surface area contributed by atoms with Crippen LogP contribution >= 0.6 is 15.9 Å². The van der Waals surface area contributed by atoms with Crippen LogP contribution in [0.5, 0.6) is 5.75 Å². The number of methoxy groups -OCH3 is 1. The van der Waals surface area contributed by atoms with E-state index >= 15 is 0 Å². The van der Waals surface area contributed by atoms with E-state index in [2.05, 4.69) is 51.1 Å². The maximum atomic E-state index is 5.36. The van der Waals surface area contributed by atoms with Crippen molar-refractivity contribution in [2.24, 2.45) is 0 Å². The van der Waals surface area contributed by atoms with Crippen LogP contribution in [-0.2, 0) is 6.42 Å². The molecule has 112 valence electrons. The third kappa shape index (κ3) is 4.43. The predicted molar refractivity (Wildman–Crippen MR) is 89.0 cm³/mol. The topological polar surface area (TPSA) is 47.0 Å². The molecule has 0 saturated heterocycles. The molecule has 0 unspecified atom stereocenters. The van der Waals surface area contributed by atoms with E-state index in [1.165, 1.54) is 5.56 Å². The van der Waals surface area contributed by atoms with Gasteiger partial charge < -0.3 is 10.1 Å². The molecule has 0 aliphatic carbocycles. The highest BCUT2D eigenvalue weighted by molar-refractivity contribution is 9.10. The fourth-order valence-electron chi connectivity index (χ4n) is 2.02. The zero-order valence-electron chi connectivity index (χ0n) is 12.6. The maximum absolute atomic E-state index is 5.36. The van der Waals surface area contributed by atoms with E-state index in [0.717, 1.165) is 35.0 Å². The Balaban J connectivity index is 2.00. The molecule has 1 aromatic heterocycles. The van der Waals surface area contributed by atoms with Crippen LogP contribution in [0.25, 0.3) is 0 Å². The summed E-state index contributed by atoms with van der Waals surface area (Å²) in [5.41, 5.74) is 1.18. The number of halogens is 1. The summed E-state index contributed by atoms with van der Waals surface area (Å²) in [7, 11) is 1.70. The fraction of sp³-hybridized carbons (Fsp3) is 0.375.